The number of hydrogen-bond donors (Lipinski definition) is 5. The van der Waals surface area contributed by atoms with Gasteiger partial charge in [-0.05, 0) is 31.5 Å². The molecule has 0 bridgehead atoms. The first-order chi connectivity index (χ1) is 18.1. The third kappa shape index (κ3) is 9.97. The third-order valence-corrected chi connectivity index (χ3v) is 4.98. The molecular formula is C25H29N5O8. The highest BCUT2D eigenvalue weighted by Crippen LogP contribution is 2.02. The Hall–Kier alpha value is -4.94. The molecule has 13 nitrogen and oxygen atoms in total. The molecule has 38 heavy (non-hydrogen) atoms. The van der Waals surface area contributed by atoms with Gasteiger partial charge in [-0.15, -0.1) is 0 Å². The zero-order valence-corrected chi connectivity index (χ0v) is 20.8. The van der Waals surface area contributed by atoms with Crippen molar-refractivity contribution in [1.29, 1.82) is 0 Å². The lowest BCUT2D eigenvalue weighted by atomic mass is 10.1. The van der Waals surface area contributed by atoms with Crippen LogP contribution in [-0.4, -0.2) is 53.8 Å². The molecule has 0 saturated carbocycles. The van der Waals surface area contributed by atoms with Gasteiger partial charge >= 0.3 is 12.1 Å². The maximum Gasteiger partial charge on any atom is 0.408 e. The molecule has 2 aromatic carbocycles. The van der Waals surface area contributed by atoms with E-state index in [2.05, 4.69) is 16.0 Å². The van der Waals surface area contributed by atoms with E-state index >= 15 is 0 Å². The summed E-state index contributed by atoms with van der Waals surface area (Å²) in [5.41, 5.74) is 7.95. The Morgan fingerprint density at radius 3 is 1.92 bits per heavy atom. The minimum atomic E-state index is -1.49. The molecule has 0 aliphatic carbocycles. The minimum Gasteiger partial charge on any atom is -0.445 e. The number of nitrogens with two attached hydrogens (primary N) is 1. The third-order valence-electron chi connectivity index (χ3n) is 4.98. The van der Waals surface area contributed by atoms with Crippen molar-refractivity contribution in [2.75, 3.05) is 0 Å². The first-order valence-electron chi connectivity index (χ1n) is 11.5. The minimum absolute atomic E-state index is 0.00377. The fourth-order valence-corrected chi connectivity index (χ4v) is 2.92. The summed E-state index contributed by atoms with van der Waals surface area (Å²) in [5, 5.41) is 6.98. The van der Waals surface area contributed by atoms with Gasteiger partial charge in [-0.2, -0.15) is 5.48 Å². The van der Waals surface area contributed by atoms with Crippen LogP contribution in [0.1, 0.15) is 36.2 Å². The number of carbonyl (C=O) groups is 6. The maximum absolute atomic E-state index is 12.6. The number of hydroxylamine groups is 1. The molecule has 0 aromatic heterocycles. The van der Waals surface area contributed by atoms with Crippen LogP contribution in [0, 0.1) is 0 Å². The van der Waals surface area contributed by atoms with Crippen LogP contribution >= 0.6 is 0 Å². The van der Waals surface area contributed by atoms with Gasteiger partial charge in [-0.25, -0.2) is 9.59 Å². The molecule has 6 N–H and O–H groups in total. The predicted octanol–water partition coefficient (Wildman–Crippen LogP) is 0.0544. The zero-order chi connectivity index (χ0) is 28.1. The molecule has 0 radical (unpaired) electrons. The topological polar surface area (TPSA) is 195 Å². The van der Waals surface area contributed by atoms with Crippen molar-refractivity contribution in [1.82, 2.24) is 21.4 Å². The van der Waals surface area contributed by atoms with Crippen LogP contribution in [0.25, 0.3) is 0 Å². The number of alkyl carbamates (subject to hydrolysis) is 1. The number of amides is 5. The van der Waals surface area contributed by atoms with Crippen molar-refractivity contribution in [3.63, 3.8) is 0 Å². The largest absolute Gasteiger partial charge is 0.445 e. The molecule has 3 atom stereocenters. The van der Waals surface area contributed by atoms with E-state index in [0.717, 1.165) is 5.56 Å². The Morgan fingerprint density at radius 2 is 1.32 bits per heavy atom. The summed E-state index contributed by atoms with van der Waals surface area (Å²) in [6.45, 7) is 2.71. The summed E-state index contributed by atoms with van der Waals surface area (Å²) in [5.74, 6) is -4.35. The summed E-state index contributed by atoms with van der Waals surface area (Å²) in [6, 6.07) is 13.0. The van der Waals surface area contributed by atoms with E-state index in [1.165, 1.54) is 26.0 Å². The molecule has 0 fully saturated rings. The van der Waals surface area contributed by atoms with Crippen molar-refractivity contribution >= 4 is 35.7 Å². The zero-order valence-electron chi connectivity index (χ0n) is 20.8. The quantitative estimate of drug-likeness (QED) is 0.253. The number of hydrogen-bond acceptors (Lipinski definition) is 8. The smallest absolute Gasteiger partial charge is 0.408 e. The highest BCUT2D eigenvalue weighted by atomic mass is 16.7. The monoisotopic (exact) mass is 527 g/mol. The average Bonchev–Trinajstić information content (AvgIpc) is 2.90. The Bertz CT molecular complexity index is 1140. The van der Waals surface area contributed by atoms with Crippen molar-refractivity contribution in [3.05, 3.63) is 71.8 Å². The molecule has 202 valence electrons. The standard InChI is InChI=1S/C25H29N5O8/c1-15(27-21(32)16(2)28-25(36)37-14-17-9-5-3-6-10-17)22(33)29-19(13-20(26)31)23(34)30-38-24(35)18-11-7-4-8-12-18/h3-12,15-16,19H,13-14H2,1-2H3,(H2,26,31)(H,27,32)(H,28,36)(H,29,33)(H,30,34)/t15-,16-,19-/m0/s1. The van der Waals surface area contributed by atoms with Crippen LogP contribution in [0.2, 0.25) is 0 Å². The lowest BCUT2D eigenvalue weighted by Crippen LogP contribution is -2.56. The second kappa shape index (κ2) is 14.6. The van der Waals surface area contributed by atoms with E-state index in [0.29, 0.717) is 0 Å². The second-order valence-electron chi connectivity index (χ2n) is 8.11. The van der Waals surface area contributed by atoms with Crippen molar-refractivity contribution in [2.24, 2.45) is 5.73 Å². The van der Waals surface area contributed by atoms with E-state index in [1.807, 2.05) is 11.5 Å². The Labute approximate surface area is 218 Å². The van der Waals surface area contributed by atoms with Gasteiger partial charge in [-0.1, -0.05) is 48.5 Å². The predicted molar refractivity (Wildman–Crippen MR) is 133 cm³/mol. The van der Waals surface area contributed by atoms with Gasteiger partial charge in [0, 0.05) is 0 Å². The Balaban J connectivity index is 1.84. The molecule has 0 unspecified atom stereocenters. The first-order valence-corrected chi connectivity index (χ1v) is 11.5. The Kier molecular flexibility index (Phi) is 11.2. The van der Waals surface area contributed by atoms with Gasteiger partial charge in [0.15, 0.2) is 0 Å². The summed E-state index contributed by atoms with van der Waals surface area (Å²) < 4.78 is 5.05. The van der Waals surface area contributed by atoms with Crippen LogP contribution in [0.3, 0.4) is 0 Å². The molecule has 5 amide bonds. The van der Waals surface area contributed by atoms with Crippen molar-refractivity contribution in [2.45, 2.75) is 45.0 Å². The van der Waals surface area contributed by atoms with Gasteiger partial charge in [0.2, 0.25) is 17.7 Å². The molecular weight excluding hydrogens is 498 g/mol. The van der Waals surface area contributed by atoms with E-state index in [-0.39, 0.29) is 12.2 Å². The van der Waals surface area contributed by atoms with Gasteiger partial charge in [0.05, 0.1) is 12.0 Å². The van der Waals surface area contributed by atoms with E-state index < -0.39 is 60.2 Å². The van der Waals surface area contributed by atoms with Gasteiger partial charge < -0.3 is 31.3 Å². The van der Waals surface area contributed by atoms with Crippen LogP contribution in [0.5, 0.6) is 0 Å². The summed E-state index contributed by atoms with van der Waals surface area (Å²) in [6.07, 6.45) is -1.44. The van der Waals surface area contributed by atoms with E-state index in [9.17, 15) is 28.8 Å². The normalized spacial score (nSPS) is 12.6. The molecule has 0 heterocycles. The molecule has 2 rings (SSSR count). The van der Waals surface area contributed by atoms with Crippen LogP contribution in [0.15, 0.2) is 60.7 Å². The second-order valence-corrected chi connectivity index (χ2v) is 8.11. The summed E-state index contributed by atoms with van der Waals surface area (Å²) >= 11 is 0. The van der Waals surface area contributed by atoms with Crippen LogP contribution in [-0.2, 0) is 35.4 Å². The first kappa shape index (κ1) is 29.3. The van der Waals surface area contributed by atoms with Crippen LogP contribution < -0.4 is 27.2 Å². The van der Waals surface area contributed by atoms with Gasteiger partial charge in [0.25, 0.3) is 5.91 Å². The number of rotatable bonds is 11. The average molecular weight is 528 g/mol. The number of benzene rings is 2. The highest BCUT2D eigenvalue weighted by Gasteiger charge is 2.28. The lowest BCUT2D eigenvalue weighted by molar-refractivity contribution is -0.137. The molecule has 0 aliphatic rings. The lowest BCUT2D eigenvalue weighted by Gasteiger charge is -2.21. The molecule has 0 spiro atoms. The van der Waals surface area contributed by atoms with Gasteiger partial charge in [-0.3, -0.25) is 19.2 Å². The number of primary amides is 1. The van der Waals surface area contributed by atoms with E-state index in [4.69, 9.17) is 15.3 Å². The van der Waals surface area contributed by atoms with Crippen molar-refractivity contribution < 1.29 is 38.3 Å². The van der Waals surface area contributed by atoms with Crippen molar-refractivity contribution in [3.8, 4) is 0 Å². The number of carbonyl (C=O) groups excluding carboxylic acids is 6. The number of ether oxygens (including phenoxy) is 1. The fraction of sp³-hybridized carbons (Fsp3) is 0.280. The molecule has 13 heteroatoms. The maximum atomic E-state index is 12.6. The summed E-state index contributed by atoms with van der Waals surface area (Å²) in [4.78, 5) is 77.5. The molecule has 0 aliphatic heterocycles. The highest BCUT2D eigenvalue weighted by molar-refractivity contribution is 5.96. The van der Waals surface area contributed by atoms with E-state index in [1.54, 1.807) is 42.5 Å². The summed E-state index contributed by atoms with van der Waals surface area (Å²) in [7, 11) is 0. The van der Waals surface area contributed by atoms with Crippen LogP contribution in [0.4, 0.5) is 4.79 Å². The molecule has 0 saturated heterocycles. The van der Waals surface area contributed by atoms with Gasteiger partial charge in [0.1, 0.15) is 24.7 Å². The Morgan fingerprint density at radius 1 is 0.763 bits per heavy atom. The fourth-order valence-electron chi connectivity index (χ4n) is 2.92. The SMILES string of the molecule is C[C@H](NC(=O)OCc1ccccc1)C(=O)N[C@@H](C)C(=O)N[C@@H](CC(N)=O)C(=O)NOC(=O)c1ccccc1. The number of nitrogens with one attached hydrogen (secondary N) is 4. The molecule has 2 aromatic rings.